The van der Waals surface area contributed by atoms with Crippen molar-refractivity contribution in [2.24, 2.45) is 0 Å². The Bertz CT molecular complexity index is 56.9. The van der Waals surface area contributed by atoms with Gasteiger partial charge in [0.25, 0.3) is 0 Å². The molecule has 0 rings (SSSR count). The number of hydrogen-bond donors (Lipinski definition) is 1. The fourth-order valence-electron chi connectivity index (χ4n) is 0.836. The Morgan fingerprint density at radius 2 is 2.22 bits per heavy atom. The van der Waals surface area contributed by atoms with Crippen molar-refractivity contribution in [3.05, 3.63) is 0 Å². The molecule has 0 aromatic carbocycles. The van der Waals surface area contributed by atoms with E-state index in [0.29, 0.717) is 11.9 Å². The van der Waals surface area contributed by atoms with E-state index in [2.05, 4.69) is 19.2 Å². The zero-order valence-corrected chi connectivity index (χ0v) is 7.04. The van der Waals surface area contributed by atoms with Crippen LogP contribution in [0.5, 0.6) is 0 Å². The van der Waals surface area contributed by atoms with Crippen molar-refractivity contribution in [1.29, 1.82) is 0 Å². The molecule has 1 unspecified atom stereocenters. The fraction of sp³-hybridized carbons (Fsp3) is 1.00. The molecule has 0 aromatic rings. The summed E-state index contributed by atoms with van der Waals surface area (Å²) in [5, 5.41) is 3.30. The third-order valence-electron chi connectivity index (χ3n) is 1.31. The highest BCUT2D eigenvalue weighted by molar-refractivity contribution is 6.18. The van der Waals surface area contributed by atoms with Crippen LogP contribution in [0.1, 0.15) is 26.7 Å². The van der Waals surface area contributed by atoms with E-state index < -0.39 is 0 Å². The third-order valence-corrected chi connectivity index (χ3v) is 1.50. The van der Waals surface area contributed by atoms with Crippen LogP contribution in [-0.2, 0) is 0 Å². The summed E-state index contributed by atoms with van der Waals surface area (Å²) in [6, 6.07) is 0.633. The molecule has 1 N–H and O–H groups in total. The van der Waals surface area contributed by atoms with E-state index in [9.17, 15) is 0 Å². The largest absolute Gasteiger partial charge is 0.313 e. The van der Waals surface area contributed by atoms with Gasteiger partial charge in [0.05, 0.1) is 0 Å². The number of rotatable bonds is 5. The Kier molecular flexibility index (Phi) is 6.55. The lowest BCUT2D eigenvalue weighted by molar-refractivity contribution is 0.526. The summed E-state index contributed by atoms with van der Waals surface area (Å²) in [5.74, 6) is 0.716. The second-order valence-corrected chi connectivity index (χ2v) is 2.71. The van der Waals surface area contributed by atoms with Crippen molar-refractivity contribution in [2.45, 2.75) is 32.7 Å². The van der Waals surface area contributed by atoms with Gasteiger partial charge < -0.3 is 5.32 Å². The molecule has 0 aromatic heterocycles. The van der Waals surface area contributed by atoms with E-state index in [4.69, 9.17) is 11.6 Å². The second-order valence-electron chi connectivity index (χ2n) is 2.33. The summed E-state index contributed by atoms with van der Waals surface area (Å²) in [6.45, 7) is 5.32. The summed E-state index contributed by atoms with van der Waals surface area (Å²) < 4.78 is 0. The molecular formula is C7H16ClN. The number of alkyl halides is 1. The maximum Gasteiger partial charge on any atom is 0.0348 e. The van der Waals surface area contributed by atoms with Crippen LogP contribution in [0.25, 0.3) is 0 Å². The van der Waals surface area contributed by atoms with Crippen molar-refractivity contribution in [3.8, 4) is 0 Å². The quantitative estimate of drug-likeness (QED) is 0.590. The molecule has 56 valence electrons. The van der Waals surface area contributed by atoms with Crippen molar-refractivity contribution in [2.75, 3.05) is 12.4 Å². The van der Waals surface area contributed by atoms with E-state index in [1.54, 1.807) is 0 Å². The van der Waals surface area contributed by atoms with Gasteiger partial charge in [-0.1, -0.05) is 13.3 Å². The Labute approximate surface area is 62.8 Å². The smallest absolute Gasteiger partial charge is 0.0348 e. The molecular weight excluding hydrogens is 134 g/mol. The van der Waals surface area contributed by atoms with Gasteiger partial charge in [0.2, 0.25) is 0 Å². The van der Waals surface area contributed by atoms with Gasteiger partial charge in [-0.05, 0) is 13.3 Å². The minimum absolute atomic E-state index is 0.633. The average molecular weight is 150 g/mol. The molecule has 0 saturated carbocycles. The first-order valence-electron chi connectivity index (χ1n) is 3.60. The molecule has 0 bridgehead atoms. The summed E-state index contributed by atoms with van der Waals surface area (Å²) in [6.07, 6.45) is 2.49. The first-order valence-corrected chi connectivity index (χ1v) is 4.14. The first-order chi connectivity index (χ1) is 4.31. The van der Waals surface area contributed by atoms with Gasteiger partial charge in [-0.15, -0.1) is 11.6 Å². The zero-order valence-electron chi connectivity index (χ0n) is 6.28. The Morgan fingerprint density at radius 1 is 1.56 bits per heavy atom. The molecule has 0 amide bonds. The third kappa shape index (κ3) is 6.13. The zero-order chi connectivity index (χ0) is 7.11. The van der Waals surface area contributed by atoms with E-state index in [1.165, 1.54) is 12.8 Å². The van der Waals surface area contributed by atoms with Crippen molar-refractivity contribution < 1.29 is 0 Å². The van der Waals surface area contributed by atoms with Crippen LogP contribution < -0.4 is 5.32 Å². The SMILES string of the molecule is CCCC(C)NCCCl. The van der Waals surface area contributed by atoms with Crippen molar-refractivity contribution in [1.82, 2.24) is 5.32 Å². The molecule has 0 heterocycles. The predicted octanol–water partition coefficient (Wildman–Crippen LogP) is 2.00. The maximum absolute atomic E-state index is 5.48. The van der Waals surface area contributed by atoms with Gasteiger partial charge >= 0.3 is 0 Å². The molecule has 0 fully saturated rings. The van der Waals surface area contributed by atoms with Crippen LogP contribution in [0, 0.1) is 0 Å². The Morgan fingerprint density at radius 3 is 2.67 bits per heavy atom. The molecule has 9 heavy (non-hydrogen) atoms. The molecule has 0 spiro atoms. The van der Waals surface area contributed by atoms with Gasteiger partial charge in [0.1, 0.15) is 0 Å². The molecule has 2 heteroatoms. The van der Waals surface area contributed by atoms with Crippen LogP contribution in [0.3, 0.4) is 0 Å². The van der Waals surface area contributed by atoms with Gasteiger partial charge in [-0.2, -0.15) is 0 Å². The molecule has 0 aliphatic carbocycles. The maximum atomic E-state index is 5.48. The van der Waals surface area contributed by atoms with Crippen LogP contribution >= 0.6 is 11.6 Å². The lowest BCUT2D eigenvalue weighted by Gasteiger charge is -2.09. The van der Waals surface area contributed by atoms with Crippen LogP contribution in [-0.4, -0.2) is 18.5 Å². The second kappa shape index (κ2) is 6.37. The van der Waals surface area contributed by atoms with E-state index in [-0.39, 0.29) is 0 Å². The topological polar surface area (TPSA) is 12.0 Å². The molecule has 0 aliphatic heterocycles. The predicted molar refractivity (Wildman–Crippen MR) is 43.1 cm³/mol. The lowest BCUT2D eigenvalue weighted by atomic mass is 10.2. The number of hydrogen-bond acceptors (Lipinski definition) is 1. The summed E-state index contributed by atoms with van der Waals surface area (Å²) in [4.78, 5) is 0. The molecule has 0 radical (unpaired) electrons. The molecule has 1 nitrogen and oxygen atoms in total. The standard InChI is InChI=1S/C7H16ClN/c1-3-4-7(2)9-6-5-8/h7,9H,3-6H2,1-2H3. The summed E-state index contributed by atoms with van der Waals surface area (Å²) in [7, 11) is 0. The van der Waals surface area contributed by atoms with Crippen LogP contribution in [0.2, 0.25) is 0 Å². The first kappa shape index (κ1) is 9.25. The number of halogens is 1. The average Bonchev–Trinajstić information content (AvgIpc) is 1.85. The number of nitrogens with one attached hydrogen (secondary N) is 1. The Hall–Kier alpha value is 0.250. The highest BCUT2D eigenvalue weighted by atomic mass is 35.5. The van der Waals surface area contributed by atoms with Gasteiger partial charge in [0.15, 0.2) is 0 Å². The van der Waals surface area contributed by atoms with Crippen LogP contribution in [0.15, 0.2) is 0 Å². The van der Waals surface area contributed by atoms with Gasteiger partial charge in [-0.25, -0.2) is 0 Å². The van der Waals surface area contributed by atoms with E-state index in [1.807, 2.05) is 0 Å². The van der Waals surface area contributed by atoms with Crippen molar-refractivity contribution >= 4 is 11.6 Å². The van der Waals surface area contributed by atoms with Gasteiger partial charge in [-0.3, -0.25) is 0 Å². The van der Waals surface area contributed by atoms with E-state index >= 15 is 0 Å². The highest BCUT2D eigenvalue weighted by Gasteiger charge is 1.95. The highest BCUT2D eigenvalue weighted by Crippen LogP contribution is 1.93. The summed E-state index contributed by atoms with van der Waals surface area (Å²) >= 11 is 5.48. The lowest BCUT2D eigenvalue weighted by Crippen LogP contribution is -2.27. The molecule has 1 atom stereocenters. The van der Waals surface area contributed by atoms with Gasteiger partial charge in [0, 0.05) is 18.5 Å². The monoisotopic (exact) mass is 149 g/mol. The summed E-state index contributed by atoms with van der Waals surface area (Å²) in [5.41, 5.74) is 0. The van der Waals surface area contributed by atoms with Crippen LogP contribution in [0.4, 0.5) is 0 Å². The minimum atomic E-state index is 0.633. The molecule has 0 aliphatic rings. The Balaban J connectivity index is 2.95. The normalized spacial score (nSPS) is 13.7. The van der Waals surface area contributed by atoms with Crippen molar-refractivity contribution in [3.63, 3.8) is 0 Å². The fourth-order valence-corrected chi connectivity index (χ4v) is 0.945. The van der Waals surface area contributed by atoms with E-state index in [0.717, 1.165) is 6.54 Å². The molecule has 0 saturated heterocycles. The minimum Gasteiger partial charge on any atom is -0.313 e.